The molecule has 0 atom stereocenters. The lowest BCUT2D eigenvalue weighted by Gasteiger charge is -2.06. The van der Waals surface area contributed by atoms with Gasteiger partial charge in [-0.25, -0.2) is 4.79 Å². The van der Waals surface area contributed by atoms with Crippen LogP contribution in [0.3, 0.4) is 0 Å². The van der Waals surface area contributed by atoms with Crippen LogP contribution >= 0.6 is 15.9 Å². The van der Waals surface area contributed by atoms with E-state index in [2.05, 4.69) is 15.9 Å². The lowest BCUT2D eigenvalue weighted by Crippen LogP contribution is -2.09. The highest BCUT2D eigenvalue weighted by Crippen LogP contribution is 2.20. The van der Waals surface area contributed by atoms with Crippen molar-refractivity contribution in [1.29, 1.82) is 5.26 Å². The summed E-state index contributed by atoms with van der Waals surface area (Å²) in [6, 6.07) is 24.1. The zero-order valence-corrected chi connectivity index (χ0v) is 16.2. The summed E-state index contributed by atoms with van der Waals surface area (Å²) >= 11 is 3.32. The van der Waals surface area contributed by atoms with E-state index in [9.17, 15) is 14.9 Å². The molecule has 3 aromatic carbocycles. The molecule has 28 heavy (non-hydrogen) atoms. The van der Waals surface area contributed by atoms with Crippen molar-refractivity contribution >= 4 is 33.8 Å². The van der Waals surface area contributed by atoms with Gasteiger partial charge in [-0.3, -0.25) is 4.79 Å². The Kier molecular flexibility index (Phi) is 6.15. The van der Waals surface area contributed by atoms with Crippen molar-refractivity contribution in [3.63, 3.8) is 0 Å². The Morgan fingerprint density at radius 1 is 0.893 bits per heavy atom. The van der Waals surface area contributed by atoms with Crippen molar-refractivity contribution in [2.45, 2.75) is 0 Å². The molecule has 0 aliphatic carbocycles. The van der Waals surface area contributed by atoms with E-state index in [4.69, 9.17) is 4.74 Å². The molecule has 0 heterocycles. The number of nitriles is 1. The minimum Gasteiger partial charge on any atom is -0.423 e. The van der Waals surface area contributed by atoms with Gasteiger partial charge in [-0.2, -0.15) is 5.26 Å². The van der Waals surface area contributed by atoms with E-state index in [1.165, 1.54) is 6.08 Å². The number of hydrogen-bond donors (Lipinski definition) is 0. The second kappa shape index (κ2) is 8.94. The number of ether oxygens (including phenoxy) is 1. The lowest BCUT2D eigenvalue weighted by atomic mass is 10.0. The number of hydrogen-bond acceptors (Lipinski definition) is 4. The van der Waals surface area contributed by atoms with Gasteiger partial charge in [0.2, 0.25) is 5.78 Å². The number of ketones is 1. The molecule has 0 aliphatic rings. The van der Waals surface area contributed by atoms with Gasteiger partial charge in [0, 0.05) is 10.0 Å². The number of nitrogens with zero attached hydrogens (tertiary/aromatic N) is 1. The molecular formula is C23H14BrNO3. The molecule has 0 unspecified atom stereocenters. The first-order valence-electron chi connectivity index (χ1n) is 8.37. The van der Waals surface area contributed by atoms with Crippen molar-refractivity contribution in [3.05, 3.63) is 106 Å². The normalized spacial score (nSPS) is 10.8. The van der Waals surface area contributed by atoms with Gasteiger partial charge in [0.05, 0.1) is 5.56 Å². The molecule has 0 fully saturated rings. The van der Waals surface area contributed by atoms with Gasteiger partial charge in [0.15, 0.2) is 0 Å². The van der Waals surface area contributed by atoms with Crippen molar-refractivity contribution < 1.29 is 14.3 Å². The summed E-state index contributed by atoms with van der Waals surface area (Å²) < 4.78 is 6.01. The van der Waals surface area contributed by atoms with Crippen LogP contribution in [0.1, 0.15) is 26.3 Å². The monoisotopic (exact) mass is 431 g/mol. The van der Waals surface area contributed by atoms with Crippen molar-refractivity contribution in [1.82, 2.24) is 0 Å². The number of halogens is 1. The third-order valence-electron chi connectivity index (χ3n) is 3.90. The fraction of sp³-hybridized carbons (Fsp3) is 0. The van der Waals surface area contributed by atoms with Crippen LogP contribution in [0.25, 0.3) is 6.08 Å². The number of esters is 1. The quantitative estimate of drug-likeness (QED) is 0.177. The SMILES string of the molecule is N#C/C(=C\c1ccc(OC(=O)c2ccccc2Br)cc1)C(=O)c1ccccc1. The average molecular weight is 432 g/mol. The highest BCUT2D eigenvalue weighted by Gasteiger charge is 2.13. The third-order valence-corrected chi connectivity index (χ3v) is 4.59. The Balaban J connectivity index is 1.76. The average Bonchev–Trinajstić information content (AvgIpc) is 2.73. The van der Waals surface area contributed by atoms with E-state index in [0.717, 1.165) is 0 Å². The van der Waals surface area contributed by atoms with Crippen molar-refractivity contribution in [2.75, 3.05) is 0 Å². The van der Waals surface area contributed by atoms with Crippen molar-refractivity contribution in [2.24, 2.45) is 0 Å². The summed E-state index contributed by atoms with van der Waals surface area (Å²) in [4.78, 5) is 24.7. The Labute approximate surface area is 170 Å². The molecule has 5 heteroatoms. The van der Waals surface area contributed by atoms with Crippen LogP contribution in [0.5, 0.6) is 5.75 Å². The molecule has 136 valence electrons. The van der Waals surface area contributed by atoms with E-state index < -0.39 is 5.97 Å². The van der Waals surface area contributed by atoms with Gasteiger partial charge in [0.1, 0.15) is 17.4 Å². The maximum absolute atomic E-state index is 12.4. The number of allylic oxidation sites excluding steroid dienone is 1. The van der Waals surface area contributed by atoms with E-state index in [0.29, 0.717) is 26.9 Å². The van der Waals surface area contributed by atoms with Crippen LogP contribution in [0, 0.1) is 11.3 Å². The van der Waals surface area contributed by atoms with E-state index in [1.54, 1.807) is 72.8 Å². The van der Waals surface area contributed by atoms with Gasteiger partial charge in [0.25, 0.3) is 0 Å². The third kappa shape index (κ3) is 4.61. The molecule has 0 aromatic heterocycles. The van der Waals surface area contributed by atoms with Crippen LogP contribution in [0.15, 0.2) is 88.9 Å². The molecule has 0 N–H and O–H groups in total. The minimum atomic E-state index is -0.479. The summed E-state index contributed by atoms with van der Waals surface area (Å²) in [6.07, 6.45) is 1.51. The molecular weight excluding hydrogens is 418 g/mol. The molecule has 3 aromatic rings. The molecule has 0 aliphatic heterocycles. The Hall–Kier alpha value is -3.49. The van der Waals surface area contributed by atoms with Crippen molar-refractivity contribution in [3.8, 4) is 11.8 Å². The van der Waals surface area contributed by atoms with Gasteiger partial charge in [-0.1, -0.05) is 54.6 Å². The fourth-order valence-corrected chi connectivity index (χ4v) is 2.93. The first kappa shape index (κ1) is 19.3. The maximum atomic E-state index is 12.4. The maximum Gasteiger partial charge on any atom is 0.344 e. The molecule has 0 bridgehead atoms. The lowest BCUT2D eigenvalue weighted by molar-refractivity contribution is 0.0733. The smallest absolute Gasteiger partial charge is 0.344 e. The highest BCUT2D eigenvalue weighted by atomic mass is 79.9. The van der Waals surface area contributed by atoms with Gasteiger partial charge in [-0.05, 0) is 51.8 Å². The zero-order chi connectivity index (χ0) is 19.9. The number of carbonyl (C=O) groups excluding carboxylic acids is 2. The number of Topliss-reactive ketones (excluding diaryl/α,β-unsaturated/α-hetero) is 1. The number of carbonyl (C=O) groups is 2. The van der Waals surface area contributed by atoms with Gasteiger partial charge in [-0.15, -0.1) is 0 Å². The molecule has 0 saturated carbocycles. The second-order valence-corrected chi connectivity index (χ2v) is 6.66. The topological polar surface area (TPSA) is 67.2 Å². The van der Waals surface area contributed by atoms with E-state index in [-0.39, 0.29) is 11.4 Å². The van der Waals surface area contributed by atoms with Crippen LogP contribution in [0.2, 0.25) is 0 Å². The molecule has 3 rings (SSSR count). The van der Waals surface area contributed by atoms with Gasteiger partial charge < -0.3 is 4.74 Å². The second-order valence-electron chi connectivity index (χ2n) is 5.80. The fourth-order valence-electron chi connectivity index (χ4n) is 2.48. The first-order chi connectivity index (χ1) is 13.6. The summed E-state index contributed by atoms with van der Waals surface area (Å²) in [5.41, 5.74) is 1.56. The predicted molar refractivity (Wildman–Crippen MR) is 110 cm³/mol. The zero-order valence-electron chi connectivity index (χ0n) is 14.6. The summed E-state index contributed by atoms with van der Waals surface area (Å²) in [7, 11) is 0. The highest BCUT2D eigenvalue weighted by molar-refractivity contribution is 9.10. The molecule has 0 radical (unpaired) electrons. The summed E-state index contributed by atoms with van der Waals surface area (Å²) in [6.45, 7) is 0. The molecule has 4 nitrogen and oxygen atoms in total. The molecule has 0 amide bonds. The Morgan fingerprint density at radius 2 is 1.54 bits per heavy atom. The Bertz CT molecular complexity index is 1080. The molecule has 0 spiro atoms. The summed E-state index contributed by atoms with van der Waals surface area (Å²) in [5, 5.41) is 9.33. The number of benzene rings is 3. The predicted octanol–water partition coefficient (Wildman–Crippen LogP) is 5.46. The first-order valence-corrected chi connectivity index (χ1v) is 9.16. The van der Waals surface area contributed by atoms with Gasteiger partial charge >= 0.3 is 5.97 Å². The van der Waals surface area contributed by atoms with E-state index >= 15 is 0 Å². The number of rotatable bonds is 5. The largest absolute Gasteiger partial charge is 0.423 e. The van der Waals surface area contributed by atoms with Crippen LogP contribution in [-0.4, -0.2) is 11.8 Å². The Morgan fingerprint density at radius 3 is 2.18 bits per heavy atom. The van der Waals surface area contributed by atoms with E-state index in [1.807, 2.05) is 12.1 Å². The minimum absolute atomic E-state index is 0.0316. The van der Waals surface area contributed by atoms with Crippen LogP contribution in [0.4, 0.5) is 0 Å². The standard InChI is InChI=1S/C23H14BrNO3/c24-21-9-5-4-8-20(21)23(27)28-19-12-10-16(11-13-19)14-18(15-25)22(26)17-6-2-1-3-7-17/h1-14H/b18-14+. The summed E-state index contributed by atoms with van der Waals surface area (Å²) in [5.74, 6) is -0.453. The molecule has 0 saturated heterocycles. The van der Waals surface area contributed by atoms with Crippen LogP contribution in [-0.2, 0) is 0 Å². The van der Waals surface area contributed by atoms with Crippen LogP contribution < -0.4 is 4.74 Å².